The molecule has 2 aliphatic heterocycles. The second-order valence-corrected chi connectivity index (χ2v) is 8.28. The minimum absolute atomic E-state index is 0.195. The number of ether oxygens (including phenoxy) is 1. The highest BCUT2D eigenvalue weighted by molar-refractivity contribution is 9.10. The molecule has 1 aromatic rings. The number of rotatable bonds is 1. The van der Waals surface area contributed by atoms with Gasteiger partial charge in [-0.25, -0.2) is 9.78 Å². The van der Waals surface area contributed by atoms with Gasteiger partial charge in [-0.1, -0.05) is 0 Å². The number of amides is 1. The molecule has 1 aromatic heterocycles. The van der Waals surface area contributed by atoms with Crippen molar-refractivity contribution in [3.05, 3.63) is 9.98 Å². The number of nitrogens with zero attached hydrogens (tertiary/aromatic N) is 3. The predicted octanol–water partition coefficient (Wildman–Crippen LogP) is 3.49. The predicted molar refractivity (Wildman–Crippen MR) is 86.9 cm³/mol. The lowest BCUT2D eigenvalue weighted by atomic mass is 10.2. The topological polar surface area (TPSA) is 45.7 Å². The zero-order chi connectivity index (χ0) is 15.2. The van der Waals surface area contributed by atoms with Gasteiger partial charge in [0.2, 0.25) is 0 Å². The van der Waals surface area contributed by atoms with Crippen molar-refractivity contribution in [2.45, 2.75) is 51.3 Å². The molecule has 1 amide bonds. The van der Waals surface area contributed by atoms with Gasteiger partial charge in [-0.2, -0.15) is 0 Å². The molecule has 5 nitrogen and oxygen atoms in total. The molecule has 21 heavy (non-hydrogen) atoms. The van der Waals surface area contributed by atoms with Crippen LogP contribution in [0.5, 0.6) is 0 Å². The van der Waals surface area contributed by atoms with Crippen molar-refractivity contribution in [1.29, 1.82) is 0 Å². The summed E-state index contributed by atoms with van der Waals surface area (Å²) in [5.74, 6) is 0. The molecule has 7 heteroatoms. The first-order chi connectivity index (χ1) is 9.83. The number of carbonyl (C=O) groups excluding carboxylic acids is 1. The second-order valence-electron chi connectivity index (χ2n) is 6.63. The second kappa shape index (κ2) is 5.43. The number of carbonyl (C=O) groups is 1. The average Bonchev–Trinajstić information content (AvgIpc) is 2.88. The van der Waals surface area contributed by atoms with Crippen LogP contribution in [0, 0.1) is 0 Å². The Morgan fingerprint density at radius 3 is 2.48 bits per heavy atom. The number of anilines is 1. The molecule has 0 aromatic carbocycles. The summed E-state index contributed by atoms with van der Waals surface area (Å²) in [7, 11) is 0. The minimum Gasteiger partial charge on any atom is -0.444 e. The molecule has 2 bridgehead atoms. The third-order valence-electron chi connectivity index (χ3n) is 3.82. The Bertz CT molecular complexity index is 529. The molecular formula is C14H20BrN3O2S. The Morgan fingerprint density at radius 1 is 1.38 bits per heavy atom. The quantitative estimate of drug-likeness (QED) is 0.755. The first-order valence-electron chi connectivity index (χ1n) is 7.21. The van der Waals surface area contributed by atoms with Crippen molar-refractivity contribution >= 4 is 38.5 Å². The van der Waals surface area contributed by atoms with Crippen LogP contribution >= 0.6 is 27.3 Å². The fourth-order valence-electron chi connectivity index (χ4n) is 3.05. The highest BCUT2D eigenvalue weighted by atomic mass is 79.9. The molecule has 2 unspecified atom stereocenters. The van der Waals surface area contributed by atoms with Crippen molar-refractivity contribution in [2.75, 3.05) is 18.0 Å². The van der Waals surface area contributed by atoms with Crippen LogP contribution in [0.15, 0.2) is 9.98 Å². The molecule has 0 N–H and O–H groups in total. The van der Waals surface area contributed by atoms with Crippen molar-refractivity contribution in [3.63, 3.8) is 0 Å². The van der Waals surface area contributed by atoms with Gasteiger partial charge in [-0.05, 0) is 49.5 Å². The number of fused-ring (bicyclic) bond motifs is 2. The number of aromatic nitrogens is 1. The van der Waals surface area contributed by atoms with Crippen LogP contribution in [0.1, 0.15) is 33.6 Å². The minimum atomic E-state index is -0.437. The summed E-state index contributed by atoms with van der Waals surface area (Å²) >= 11 is 5.07. The molecule has 0 aliphatic carbocycles. The molecule has 116 valence electrons. The summed E-state index contributed by atoms with van der Waals surface area (Å²) in [6.45, 7) is 7.17. The summed E-state index contributed by atoms with van der Waals surface area (Å²) in [4.78, 5) is 21.0. The summed E-state index contributed by atoms with van der Waals surface area (Å²) in [5, 5.41) is 3.06. The number of likely N-dealkylation sites (tertiary alicyclic amines) is 1. The molecule has 2 saturated heterocycles. The first-order valence-corrected chi connectivity index (χ1v) is 8.88. The van der Waals surface area contributed by atoms with Gasteiger partial charge in [0, 0.05) is 30.6 Å². The molecule has 0 radical (unpaired) electrons. The monoisotopic (exact) mass is 373 g/mol. The summed E-state index contributed by atoms with van der Waals surface area (Å²) < 4.78 is 6.38. The van der Waals surface area contributed by atoms with Gasteiger partial charge in [0.05, 0.1) is 0 Å². The van der Waals surface area contributed by atoms with Crippen LogP contribution < -0.4 is 4.90 Å². The molecular weight excluding hydrogens is 354 g/mol. The zero-order valence-electron chi connectivity index (χ0n) is 12.5. The van der Waals surface area contributed by atoms with E-state index in [1.165, 1.54) is 0 Å². The van der Waals surface area contributed by atoms with Gasteiger partial charge >= 0.3 is 6.09 Å². The lowest BCUT2D eigenvalue weighted by Gasteiger charge is -2.41. The van der Waals surface area contributed by atoms with E-state index in [-0.39, 0.29) is 6.09 Å². The van der Waals surface area contributed by atoms with E-state index in [4.69, 9.17) is 4.74 Å². The van der Waals surface area contributed by atoms with E-state index in [0.29, 0.717) is 12.1 Å². The van der Waals surface area contributed by atoms with Crippen molar-refractivity contribution < 1.29 is 9.53 Å². The zero-order valence-corrected chi connectivity index (χ0v) is 14.9. The normalized spacial score (nSPS) is 25.3. The SMILES string of the molecule is CC(C)(C)OC(=O)N1CC2CCC(C1)N2c1nc(Br)cs1. The number of hydrogen-bond donors (Lipinski definition) is 0. The van der Waals surface area contributed by atoms with Crippen LogP contribution in [0.3, 0.4) is 0 Å². The summed E-state index contributed by atoms with van der Waals surface area (Å²) in [5.41, 5.74) is -0.437. The van der Waals surface area contributed by atoms with Crippen LogP contribution in [-0.4, -0.2) is 46.8 Å². The van der Waals surface area contributed by atoms with E-state index in [0.717, 1.165) is 35.7 Å². The van der Waals surface area contributed by atoms with Crippen LogP contribution in [-0.2, 0) is 4.74 Å². The van der Waals surface area contributed by atoms with Gasteiger partial charge in [-0.15, -0.1) is 11.3 Å². The average molecular weight is 374 g/mol. The number of thiazole rings is 1. The lowest BCUT2D eigenvalue weighted by molar-refractivity contribution is 0.0209. The Labute approximate surface area is 137 Å². The largest absolute Gasteiger partial charge is 0.444 e. The highest BCUT2D eigenvalue weighted by Crippen LogP contribution is 2.37. The van der Waals surface area contributed by atoms with Crippen LogP contribution in [0.4, 0.5) is 9.93 Å². The molecule has 2 aliphatic rings. The Balaban J connectivity index is 1.70. The van der Waals surface area contributed by atoms with E-state index in [1.807, 2.05) is 31.1 Å². The molecule has 3 heterocycles. The van der Waals surface area contributed by atoms with E-state index in [1.54, 1.807) is 11.3 Å². The third kappa shape index (κ3) is 3.18. The van der Waals surface area contributed by atoms with Gasteiger partial charge in [0.15, 0.2) is 5.13 Å². The molecule has 3 rings (SSSR count). The van der Waals surface area contributed by atoms with Crippen LogP contribution in [0.25, 0.3) is 0 Å². The molecule has 0 spiro atoms. The van der Waals surface area contributed by atoms with Crippen molar-refractivity contribution in [1.82, 2.24) is 9.88 Å². The fourth-order valence-corrected chi connectivity index (χ4v) is 4.45. The number of halogens is 1. The van der Waals surface area contributed by atoms with Crippen LogP contribution in [0.2, 0.25) is 0 Å². The molecule has 2 atom stereocenters. The van der Waals surface area contributed by atoms with Crippen molar-refractivity contribution in [3.8, 4) is 0 Å². The van der Waals surface area contributed by atoms with E-state index in [2.05, 4.69) is 25.8 Å². The molecule has 2 fully saturated rings. The van der Waals surface area contributed by atoms with E-state index >= 15 is 0 Å². The van der Waals surface area contributed by atoms with Crippen molar-refractivity contribution in [2.24, 2.45) is 0 Å². The third-order valence-corrected chi connectivity index (χ3v) is 5.38. The van der Waals surface area contributed by atoms with E-state index < -0.39 is 5.60 Å². The number of piperazine rings is 1. The Hall–Kier alpha value is -0.820. The first kappa shape index (κ1) is 15.1. The summed E-state index contributed by atoms with van der Waals surface area (Å²) in [6.07, 6.45) is 2.03. The lowest BCUT2D eigenvalue weighted by Crippen LogP contribution is -2.56. The molecule has 0 saturated carbocycles. The van der Waals surface area contributed by atoms with Gasteiger partial charge in [0.25, 0.3) is 0 Å². The highest BCUT2D eigenvalue weighted by Gasteiger charge is 2.43. The Morgan fingerprint density at radius 2 is 2.00 bits per heavy atom. The fraction of sp³-hybridized carbons (Fsp3) is 0.714. The van der Waals surface area contributed by atoms with Gasteiger partial charge in [0.1, 0.15) is 10.2 Å². The smallest absolute Gasteiger partial charge is 0.410 e. The summed E-state index contributed by atoms with van der Waals surface area (Å²) in [6, 6.07) is 0.712. The Kier molecular flexibility index (Phi) is 3.90. The maximum absolute atomic E-state index is 12.2. The van der Waals surface area contributed by atoms with Gasteiger partial charge < -0.3 is 14.5 Å². The van der Waals surface area contributed by atoms with Gasteiger partial charge in [-0.3, -0.25) is 0 Å². The number of hydrogen-bond acceptors (Lipinski definition) is 5. The maximum atomic E-state index is 12.2. The van der Waals surface area contributed by atoms with E-state index in [9.17, 15) is 4.79 Å². The standard InChI is InChI=1S/C14H20BrN3O2S/c1-14(2,3)20-13(19)17-6-9-4-5-10(7-17)18(9)12-16-11(15)8-21-12/h8-10H,4-7H2,1-3H3. The maximum Gasteiger partial charge on any atom is 0.410 e.